The summed E-state index contributed by atoms with van der Waals surface area (Å²) < 4.78 is 24.3. The van der Waals surface area contributed by atoms with Crippen molar-refractivity contribution in [2.75, 3.05) is 7.11 Å². The third-order valence-electron chi connectivity index (χ3n) is 5.86. The number of methoxy groups -OCH3 is 1. The van der Waals surface area contributed by atoms with Crippen LogP contribution in [0.1, 0.15) is 41.2 Å². The van der Waals surface area contributed by atoms with Gasteiger partial charge in [-0.2, -0.15) is 0 Å². The molecule has 1 aliphatic carbocycles. The molecule has 2 fully saturated rings. The monoisotopic (exact) mass is 402 g/mol. The van der Waals surface area contributed by atoms with Gasteiger partial charge >= 0.3 is 0 Å². The van der Waals surface area contributed by atoms with Crippen LogP contribution in [-0.4, -0.2) is 47.1 Å². The van der Waals surface area contributed by atoms with E-state index >= 15 is 0 Å². The minimum atomic E-state index is -2.03. The summed E-state index contributed by atoms with van der Waals surface area (Å²) in [6, 6.07) is 13.7. The van der Waals surface area contributed by atoms with Gasteiger partial charge in [-0.25, -0.2) is 4.39 Å². The Bertz CT molecular complexity index is 836. The number of benzene rings is 2. The molecule has 0 amide bonds. The smallest absolute Gasteiger partial charge is 0.189 e. The van der Waals surface area contributed by atoms with Crippen LogP contribution in [0.5, 0.6) is 5.75 Å². The van der Waals surface area contributed by atoms with Crippen molar-refractivity contribution in [1.82, 2.24) is 0 Å². The fourth-order valence-electron chi connectivity index (χ4n) is 3.90. The van der Waals surface area contributed by atoms with E-state index < -0.39 is 30.8 Å². The number of alkyl halides is 1. The Morgan fingerprint density at radius 3 is 2.38 bits per heavy atom. The maximum absolute atomic E-state index is 13.8. The lowest BCUT2D eigenvalue weighted by molar-refractivity contribution is -0.268. The first-order valence-electron chi connectivity index (χ1n) is 10.0. The molecule has 0 radical (unpaired) electrons. The Morgan fingerprint density at radius 2 is 1.72 bits per heavy atom. The van der Waals surface area contributed by atoms with Crippen LogP contribution in [0.15, 0.2) is 42.5 Å². The van der Waals surface area contributed by atoms with Gasteiger partial charge in [0.1, 0.15) is 24.1 Å². The molecule has 1 heterocycles. The van der Waals surface area contributed by atoms with Crippen molar-refractivity contribution in [1.29, 1.82) is 0 Å². The van der Waals surface area contributed by atoms with Gasteiger partial charge < -0.3 is 24.8 Å². The van der Waals surface area contributed by atoms with E-state index in [4.69, 9.17) is 9.47 Å². The molecule has 1 saturated heterocycles. The molecular weight excluding hydrogens is 375 g/mol. The summed E-state index contributed by atoms with van der Waals surface area (Å²) in [6.45, 7) is 0. The van der Waals surface area contributed by atoms with Gasteiger partial charge in [0.05, 0.1) is 7.11 Å². The molecule has 4 rings (SSSR count). The second kappa shape index (κ2) is 8.40. The zero-order valence-corrected chi connectivity index (χ0v) is 16.4. The standard InChI is InChI=1S/C23H27FO5/c1-28-18-8-4-14(5-9-18)11-17-12-16(7-6-15(17)10-13-2-3-13)22-21(26)20(25)19(24)23(27)29-22/h4-9,12-13,19-23,25-27H,2-3,10-11H2,1H3/t19?,20-,21+,22-,23-/m0/s1. The van der Waals surface area contributed by atoms with Crippen molar-refractivity contribution >= 4 is 0 Å². The molecule has 1 aliphatic heterocycles. The van der Waals surface area contributed by atoms with Crippen LogP contribution in [0.25, 0.3) is 0 Å². The van der Waals surface area contributed by atoms with Crippen molar-refractivity contribution in [2.24, 2.45) is 5.92 Å². The number of ether oxygens (including phenoxy) is 2. The summed E-state index contributed by atoms with van der Waals surface area (Å²) >= 11 is 0. The Labute approximate surface area is 169 Å². The third-order valence-corrected chi connectivity index (χ3v) is 5.86. The lowest BCUT2D eigenvalue weighted by atomic mass is 9.89. The molecule has 3 N–H and O–H groups in total. The number of aliphatic hydroxyl groups is 3. The predicted octanol–water partition coefficient (Wildman–Crippen LogP) is 2.69. The molecule has 1 saturated carbocycles. The zero-order chi connectivity index (χ0) is 20.5. The molecule has 5 atom stereocenters. The minimum Gasteiger partial charge on any atom is -0.497 e. The Balaban J connectivity index is 1.62. The first-order chi connectivity index (χ1) is 14.0. The summed E-state index contributed by atoms with van der Waals surface area (Å²) in [6.07, 6.45) is -3.76. The highest BCUT2D eigenvalue weighted by atomic mass is 19.1. The van der Waals surface area contributed by atoms with Gasteiger partial charge in [0, 0.05) is 0 Å². The second-order valence-electron chi connectivity index (χ2n) is 8.07. The summed E-state index contributed by atoms with van der Waals surface area (Å²) in [5.41, 5.74) is 4.07. The lowest BCUT2D eigenvalue weighted by Crippen LogP contribution is -2.52. The van der Waals surface area contributed by atoms with Gasteiger partial charge in [0.2, 0.25) is 0 Å². The van der Waals surface area contributed by atoms with E-state index in [0.717, 1.165) is 23.3 Å². The first-order valence-corrected chi connectivity index (χ1v) is 10.0. The number of hydrogen-bond donors (Lipinski definition) is 3. The molecule has 6 heteroatoms. The molecule has 156 valence electrons. The van der Waals surface area contributed by atoms with Crippen molar-refractivity contribution in [3.05, 3.63) is 64.7 Å². The minimum absolute atomic E-state index is 0.616. The maximum Gasteiger partial charge on any atom is 0.189 e. The second-order valence-corrected chi connectivity index (χ2v) is 8.07. The van der Waals surface area contributed by atoms with Gasteiger partial charge in [-0.1, -0.05) is 30.3 Å². The summed E-state index contributed by atoms with van der Waals surface area (Å²) in [5, 5.41) is 30.0. The van der Waals surface area contributed by atoms with Gasteiger partial charge in [-0.05, 0) is 66.0 Å². The Hall–Kier alpha value is -1.99. The predicted molar refractivity (Wildman–Crippen MR) is 105 cm³/mol. The molecule has 1 unspecified atom stereocenters. The topological polar surface area (TPSA) is 79.2 Å². The molecule has 0 spiro atoms. The van der Waals surface area contributed by atoms with E-state index in [1.54, 1.807) is 7.11 Å². The van der Waals surface area contributed by atoms with Gasteiger partial charge in [-0.3, -0.25) is 0 Å². The molecule has 2 aliphatic rings. The van der Waals surface area contributed by atoms with Crippen molar-refractivity contribution < 1.29 is 29.2 Å². The molecule has 0 bridgehead atoms. The first kappa shape index (κ1) is 20.3. The van der Waals surface area contributed by atoms with E-state index in [1.165, 1.54) is 18.4 Å². The van der Waals surface area contributed by atoms with E-state index in [0.29, 0.717) is 17.9 Å². The molecule has 29 heavy (non-hydrogen) atoms. The Morgan fingerprint density at radius 1 is 1.00 bits per heavy atom. The molecule has 0 aromatic heterocycles. The number of aliphatic hydroxyl groups excluding tert-OH is 3. The van der Waals surface area contributed by atoms with Gasteiger partial charge in [0.15, 0.2) is 12.5 Å². The van der Waals surface area contributed by atoms with Crippen LogP contribution in [-0.2, 0) is 17.6 Å². The zero-order valence-electron chi connectivity index (χ0n) is 16.4. The highest BCUT2D eigenvalue weighted by Crippen LogP contribution is 2.37. The van der Waals surface area contributed by atoms with Gasteiger partial charge in [-0.15, -0.1) is 0 Å². The van der Waals surface area contributed by atoms with Crippen LogP contribution in [0.4, 0.5) is 4.39 Å². The largest absolute Gasteiger partial charge is 0.497 e. The number of rotatable bonds is 6. The molecule has 5 nitrogen and oxygen atoms in total. The fraction of sp³-hybridized carbons (Fsp3) is 0.478. The van der Waals surface area contributed by atoms with E-state index in [1.807, 2.05) is 42.5 Å². The van der Waals surface area contributed by atoms with Crippen molar-refractivity contribution in [2.45, 2.75) is 56.5 Å². The quantitative estimate of drug-likeness (QED) is 0.692. The van der Waals surface area contributed by atoms with Crippen molar-refractivity contribution in [3.63, 3.8) is 0 Å². The number of halogens is 1. The average molecular weight is 402 g/mol. The number of hydrogen-bond acceptors (Lipinski definition) is 5. The van der Waals surface area contributed by atoms with Crippen LogP contribution in [0.2, 0.25) is 0 Å². The Kier molecular flexibility index (Phi) is 5.88. The van der Waals surface area contributed by atoms with Gasteiger partial charge in [0.25, 0.3) is 0 Å². The van der Waals surface area contributed by atoms with Crippen molar-refractivity contribution in [3.8, 4) is 5.75 Å². The molecule has 2 aromatic rings. The van der Waals surface area contributed by atoms with Crippen LogP contribution < -0.4 is 4.74 Å². The molecule has 2 aromatic carbocycles. The van der Waals surface area contributed by atoms with Crippen LogP contribution >= 0.6 is 0 Å². The highest BCUT2D eigenvalue weighted by molar-refractivity contribution is 5.39. The molecular formula is C23H27FO5. The summed E-state index contributed by atoms with van der Waals surface area (Å²) in [4.78, 5) is 0. The third kappa shape index (κ3) is 4.46. The fourth-order valence-corrected chi connectivity index (χ4v) is 3.90. The average Bonchev–Trinajstić information content (AvgIpc) is 3.55. The van der Waals surface area contributed by atoms with E-state index in [9.17, 15) is 19.7 Å². The highest BCUT2D eigenvalue weighted by Gasteiger charge is 2.44. The SMILES string of the molecule is COc1ccc(Cc2cc([C@@H]3O[C@H](O)C(F)[C@H](O)[C@H]3O)ccc2CC2CC2)cc1. The van der Waals surface area contributed by atoms with Crippen LogP contribution in [0, 0.1) is 5.92 Å². The van der Waals surface area contributed by atoms with E-state index in [2.05, 4.69) is 0 Å². The lowest BCUT2D eigenvalue weighted by Gasteiger charge is -2.37. The van der Waals surface area contributed by atoms with Crippen LogP contribution in [0.3, 0.4) is 0 Å². The maximum atomic E-state index is 13.8. The normalized spacial score (nSPS) is 29.6. The summed E-state index contributed by atoms with van der Waals surface area (Å²) in [5.74, 6) is 1.51. The van der Waals surface area contributed by atoms with E-state index in [-0.39, 0.29) is 0 Å². The summed E-state index contributed by atoms with van der Waals surface area (Å²) in [7, 11) is 1.63.